The van der Waals surface area contributed by atoms with Crippen molar-refractivity contribution in [3.8, 4) is 0 Å². The Labute approximate surface area is 123 Å². The van der Waals surface area contributed by atoms with Gasteiger partial charge in [-0.25, -0.2) is 0 Å². The maximum absolute atomic E-state index is 5.27. The Kier molecular flexibility index (Phi) is 6.02. The van der Waals surface area contributed by atoms with Crippen LogP contribution in [0.25, 0.3) is 0 Å². The average Bonchev–Trinajstić information content (AvgIpc) is 2.48. The molecule has 0 saturated carbocycles. The van der Waals surface area contributed by atoms with E-state index in [2.05, 4.69) is 48.5 Å². The molecule has 1 fully saturated rings. The monoisotopic (exact) mass is 276 g/mol. The van der Waals surface area contributed by atoms with E-state index in [0.29, 0.717) is 6.04 Å². The summed E-state index contributed by atoms with van der Waals surface area (Å²) in [7, 11) is 3.86. The zero-order valence-electron chi connectivity index (χ0n) is 13.1. The maximum Gasteiger partial charge on any atom is 0.0491 e. The van der Waals surface area contributed by atoms with Gasteiger partial charge in [-0.05, 0) is 51.4 Å². The fourth-order valence-electron chi connectivity index (χ4n) is 2.99. The van der Waals surface area contributed by atoms with Gasteiger partial charge in [-0.15, -0.1) is 0 Å². The second-order valence-electron chi connectivity index (χ2n) is 5.95. The van der Waals surface area contributed by atoms with Gasteiger partial charge >= 0.3 is 0 Å². The molecule has 1 unspecified atom stereocenters. The highest BCUT2D eigenvalue weighted by Crippen LogP contribution is 2.21. The normalized spacial score (nSPS) is 19.1. The van der Waals surface area contributed by atoms with Crippen LogP contribution in [0.3, 0.4) is 0 Å². The quantitative estimate of drug-likeness (QED) is 0.864. The zero-order valence-corrected chi connectivity index (χ0v) is 13.1. The third-order valence-corrected chi connectivity index (χ3v) is 4.38. The first kappa shape index (κ1) is 15.5. The largest absolute Gasteiger partial charge is 0.384 e. The number of likely N-dealkylation sites (N-methyl/N-ethyl adjacent to an activating group) is 1. The van der Waals surface area contributed by atoms with Gasteiger partial charge in [-0.3, -0.25) is 0 Å². The first-order valence-corrected chi connectivity index (χ1v) is 7.68. The fourth-order valence-corrected chi connectivity index (χ4v) is 2.99. The van der Waals surface area contributed by atoms with E-state index in [9.17, 15) is 0 Å². The first-order chi connectivity index (χ1) is 9.72. The van der Waals surface area contributed by atoms with Gasteiger partial charge in [-0.1, -0.05) is 29.8 Å². The molecule has 0 amide bonds. The fraction of sp³-hybridized carbons (Fsp3) is 0.647. The van der Waals surface area contributed by atoms with Crippen LogP contribution in [0.4, 0.5) is 0 Å². The van der Waals surface area contributed by atoms with E-state index < -0.39 is 0 Å². The van der Waals surface area contributed by atoms with Crippen LogP contribution in [0, 0.1) is 12.8 Å². The minimum absolute atomic E-state index is 0.426. The molecule has 0 spiro atoms. The number of aryl methyl sites for hydroxylation is 1. The molecule has 3 heteroatoms. The molecule has 0 bridgehead atoms. The molecule has 1 aliphatic heterocycles. The second-order valence-corrected chi connectivity index (χ2v) is 5.95. The lowest BCUT2D eigenvalue weighted by Crippen LogP contribution is -2.40. The van der Waals surface area contributed by atoms with E-state index in [1.807, 2.05) is 0 Å². The van der Waals surface area contributed by atoms with Crippen molar-refractivity contribution >= 4 is 0 Å². The average molecular weight is 276 g/mol. The Hall–Kier alpha value is -0.900. The smallest absolute Gasteiger partial charge is 0.0491 e. The predicted molar refractivity (Wildman–Crippen MR) is 84.0 cm³/mol. The van der Waals surface area contributed by atoms with Crippen LogP contribution in [0.2, 0.25) is 0 Å². The van der Waals surface area contributed by atoms with E-state index in [-0.39, 0.29) is 0 Å². The number of piperidine rings is 1. The number of likely N-dealkylation sites (tertiary alicyclic amines) is 1. The van der Waals surface area contributed by atoms with Crippen molar-refractivity contribution in [3.05, 3.63) is 35.4 Å². The van der Waals surface area contributed by atoms with E-state index in [1.165, 1.54) is 37.1 Å². The summed E-state index contributed by atoms with van der Waals surface area (Å²) in [5.74, 6) is 0.753. The molecule has 0 aliphatic carbocycles. The van der Waals surface area contributed by atoms with Gasteiger partial charge < -0.3 is 15.0 Å². The van der Waals surface area contributed by atoms with Crippen molar-refractivity contribution in [3.63, 3.8) is 0 Å². The maximum atomic E-state index is 5.27. The lowest BCUT2D eigenvalue weighted by atomic mass is 9.96. The van der Waals surface area contributed by atoms with Crippen molar-refractivity contribution in [2.45, 2.75) is 25.8 Å². The summed E-state index contributed by atoms with van der Waals surface area (Å²) in [6.07, 6.45) is 2.52. The topological polar surface area (TPSA) is 24.5 Å². The van der Waals surface area contributed by atoms with E-state index in [4.69, 9.17) is 4.74 Å². The van der Waals surface area contributed by atoms with Gasteiger partial charge in [0.15, 0.2) is 0 Å². The van der Waals surface area contributed by atoms with Crippen molar-refractivity contribution in [2.75, 3.05) is 40.4 Å². The number of rotatable bonds is 6. The van der Waals surface area contributed by atoms with Crippen LogP contribution in [0.15, 0.2) is 24.3 Å². The lowest BCUT2D eigenvalue weighted by molar-refractivity contribution is 0.0956. The SMILES string of the molecule is CNC(CN1CCC(COC)CC1)c1ccc(C)cc1. The number of benzene rings is 1. The summed E-state index contributed by atoms with van der Waals surface area (Å²) in [5.41, 5.74) is 2.71. The van der Waals surface area contributed by atoms with Gasteiger partial charge in [0, 0.05) is 26.3 Å². The molecule has 0 radical (unpaired) electrons. The molecule has 3 nitrogen and oxygen atoms in total. The molecule has 1 aliphatic rings. The summed E-state index contributed by atoms with van der Waals surface area (Å²) in [5, 5.41) is 3.46. The van der Waals surface area contributed by atoms with Gasteiger partial charge in [0.25, 0.3) is 0 Å². The highest BCUT2D eigenvalue weighted by molar-refractivity contribution is 5.24. The Morgan fingerprint density at radius 2 is 1.90 bits per heavy atom. The molecule has 1 aromatic rings. The highest BCUT2D eigenvalue weighted by atomic mass is 16.5. The Morgan fingerprint density at radius 3 is 2.45 bits per heavy atom. The summed E-state index contributed by atoms with van der Waals surface area (Å²) in [6, 6.07) is 9.31. The lowest BCUT2D eigenvalue weighted by Gasteiger charge is -2.34. The van der Waals surface area contributed by atoms with Crippen LogP contribution in [0.1, 0.15) is 30.0 Å². The molecule has 1 N–H and O–H groups in total. The first-order valence-electron chi connectivity index (χ1n) is 7.68. The van der Waals surface area contributed by atoms with Crippen LogP contribution in [0.5, 0.6) is 0 Å². The predicted octanol–water partition coefficient (Wildman–Crippen LogP) is 2.61. The minimum atomic E-state index is 0.426. The van der Waals surface area contributed by atoms with Crippen molar-refractivity contribution in [1.82, 2.24) is 10.2 Å². The second kappa shape index (κ2) is 7.77. The molecule has 20 heavy (non-hydrogen) atoms. The van der Waals surface area contributed by atoms with Crippen molar-refractivity contribution in [1.29, 1.82) is 0 Å². The van der Waals surface area contributed by atoms with Crippen LogP contribution >= 0.6 is 0 Å². The van der Waals surface area contributed by atoms with Crippen molar-refractivity contribution in [2.24, 2.45) is 5.92 Å². The third-order valence-electron chi connectivity index (χ3n) is 4.38. The van der Waals surface area contributed by atoms with Gasteiger partial charge in [0.2, 0.25) is 0 Å². The van der Waals surface area contributed by atoms with Gasteiger partial charge in [0.1, 0.15) is 0 Å². The Balaban J connectivity index is 1.86. The van der Waals surface area contributed by atoms with E-state index in [0.717, 1.165) is 19.1 Å². The molecule has 1 heterocycles. The van der Waals surface area contributed by atoms with Crippen LogP contribution in [-0.2, 0) is 4.74 Å². The Morgan fingerprint density at radius 1 is 1.25 bits per heavy atom. The van der Waals surface area contributed by atoms with E-state index in [1.54, 1.807) is 7.11 Å². The molecule has 0 aromatic heterocycles. The zero-order chi connectivity index (χ0) is 14.4. The highest BCUT2D eigenvalue weighted by Gasteiger charge is 2.21. The third kappa shape index (κ3) is 4.30. The number of ether oxygens (including phenoxy) is 1. The number of nitrogens with one attached hydrogen (secondary N) is 1. The summed E-state index contributed by atoms with van der Waals surface area (Å²) in [6.45, 7) is 6.54. The molecular weight excluding hydrogens is 248 g/mol. The van der Waals surface area contributed by atoms with Gasteiger partial charge in [0.05, 0.1) is 0 Å². The molecule has 1 atom stereocenters. The summed E-state index contributed by atoms with van der Waals surface area (Å²) in [4.78, 5) is 2.58. The Bertz CT molecular complexity index is 382. The number of hydrogen-bond donors (Lipinski definition) is 1. The molecular formula is C17H28N2O. The van der Waals surface area contributed by atoms with Crippen molar-refractivity contribution < 1.29 is 4.74 Å². The molecule has 2 rings (SSSR count). The summed E-state index contributed by atoms with van der Waals surface area (Å²) < 4.78 is 5.27. The van der Waals surface area contributed by atoms with Crippen LogP contribution < -0.4 is 5.32 Å². The van der Waals surface area contributed by atoms with Crippen LogP contribution in [-0.4, -0.2) is 45.3 Å². The minimum Gasteiger partial charge on any atom is -0.384 e. The molecule has 1 aromatic carbocycles. The number of hydrogen-bond acceptors (Lipinski definition) is 3. The summed E-state index contributed by atoms with van der Waals surface area (Å²) >= 11 is 0. The standard InChI is InChI=1S/C17H28N2O/c1-14-4-6-16(7-5-14)17(18-2)12-19-10-8-15(9-11-19)13-20-3/h4-7,15,17-18H,8-13H2,1-3H3. The van der Waals surface area contributed by atoms with E-state index >= 15 is 0 Å². The van der Waals surface area contributed by atoms with Gasteiger partial charge in [-0.2, -0.15) is 0 Å². The number of methoxy groups -OCH3 is 1. The number of nitrogens with zero attached hydrogens (tertiary/aromatic N) is 1. The molecule has 112 valence electrons. The molecule has 1 saturated heterocycles.